The summed E-state index contributed by atoms with van der Waals surface area (Å²) in [5.41, 5.74) is 16.8. The Morgan fingerprint density at radius 1 is 0.328 bits per heavy atom. The van der Waals surface area contributed by atoms with E-state index in [4.69, 9.17) is 6.57 Å². The Morgan fingerprint density at radius 3 is 1.71 bits per heavy atom. The molecule has 0 aliphatic heterocycles. The van der Waals surface area contributed by atoms with Crippen LogP contribution in [0.15, 0.2) is 212 Å². The number of rotatable bonds is 6. The van der Waals surface area contributed by atoms with E-state index in [1.807, 2.05) is 18.2 Å². The molecule has 0 amide bonds. The predicted molar refractivity (Wildman–Crippen MR) is 243 cm³/mol. The number of aromatic nitrogens is 2. The summed E-state index contributed by atoms with van der Waals surface area (Å²) < 4.78 is 4.80. The standard InChI is InChI=1S/C55H35N3/c1-56-43-21-12-20-42(33-43)45-23-8-10-26-50(45)58-51-27-11-9-24-47(51)48-35-40(29-31-52(48)58)41-30-32-53-49(36-41)55-46(38-17-6-3-7-18-38)25-14-28-54(55)57(53)44-22-13-19-39(34-44)37-15-4-2-5-16-37/h2-36H. The Morgan fingerprint density at radius 2 is 0.897 bits per heavy atom. The molecule has 0 N–H and O–H groups in total. The van der Waals surface area contributed by atoms with E-state index in [0.29, 0.717) is 5.69 Å². The van der Waals surface area contributed by atoms with Gasteiger partial charge in [0.1, 0.15) is 0 Å². The van der Waals surface area contributed by atoms with Crippen LogP contribution in [0.1, 0.15) is 0 Å². The van der Waals surface area contributed by atoms with Crippen LogP contribution in [0.25, 0.3) is 104 Å². The minimum Gasteiger partial charge on any atom is -0.309 e. The molecule has 0 aliphatic rings. The normalized spacial score (nSPS) is 11.4. The molecule has 0 atom stereocenters. The third-order valence-electron chi connectivity index (χ3n) is 11.5. The van der Waals surface area contributed by atoms with Crippen molar-refractivity contribution in [3.63, 3.8) is 0 Å². The molecule has 3 nitrogen and oxygen atoms in total. The second-order valence-corrected chi connectivity index (χ2v) is 14.8. The quantitative estimate of drug-likeness (QED) is 0.151. The number of fused-ring (bicyclic) bond motifs is 6. The molecule has 0 saturated heterocycles. The van der Waals surface area contributed by atoms with Crippen molar-refractivity contribution in [1.29, 1.82) is 0 Å². The van der Waals surface area contributed by atoms with Gasteiger partial charge in [-0.2, -0.15) is 0 Å². The summed E-state index contributed by atoms with van der Waals surface area (Å²) in [4.78, 5) is 3.72. The summed E-state index contributed by atoms with van der Waals surface area (Å²) in [5, 5.41) is 4.86. The predicted octanol–water partition coefficient (Wildman–Crippen LogP) is 15.1. The van der Waals surface area contributed by atoms with Gasteiger partial charge in [0.2, 0.25) is 0 Å². The molecule has 11 aromatic rings. The van der Waals surface area contributed by atoms with Crippen LogP contribution < -0.4 is 0 Å². The van der Waals surface area contributed by atoms with Crippen molar-refractivity contribution < 1.29 is 0 Å². The maximum atomic E-state index is 7.63. The van der Waals surface area contributed by atoms with Gasteiger partial charge in [0.05, 0.1) is 34.3 Å². The molecule has 0 unspecified atom stereocenters. The van der Waals surface area contributed by atoms with E-state index in [-0.39, 0.29) is 0 Å². The Labute approximate surface area is 336 Å². The second-order valence-electron chi connectivity index (χ2n) is 14.8. The van der Waals surface area contributed by atoms with E-state index in [2.05, 4.69) is 208 Å². The van der Waals surface area contributed by atoms with Crippen LogP contribution in [0.4, 0.5) is 5.69 Å². The van der Waals surface area contributed by atoms with Crippen molar-refractivity contribution in [2.24, 2.45) is 0 Å². The number of para-hydroxylation sites is 2. The molecule has 2 heterocycles. The summed E-state index contributed by atoms with van der Waals surface area (Å²) in [5.74, 6) is 0. The van der Waals surface area contributed by atoms with E-state index in [0.717, 1.165) is 33.5 Å². The van der Waals surface area contributed by atoms with E-state index >= 15 is 0 Å². The summed E-state index contributed by atoms with van der Waals surface area (Å²) in [6.45, 7) is 7.63. The Kier molecular flexibility index (Phi) is 7.88. The van der Waals surface area contributed by atoms with Crippen LogP contribution >= 0.6 is 0 Å². The average Bonchev–Trinajstić information content (AvgIpc) is 3.82. The van der Waals surface area contributed by atoms with Gasteiger partial charge in [-0.3, -0.25) is 0 Å². The van der Waals surface area contributed by atoms with Gasteiger partial charge in [0, 0.05) is 32.8 Å². The highest BCUT2D eigenvalue weighted by atomic mass is 15.0. The van der Waals surface area contributed by atoms with Crippen LogP contribution in [-0.2, 0) is 0 Å². The van der Waals surface area contributed by atoms with Crippen molar-refractivity contribution in [3.05, 3.63) is 224 Å². The molecule has 0 fully saturated rings. The molecule has 3 heteroatoms. The van der Waals surface area contributed by atoms with Gasteiger partial charge >= 0.3 is 0 Å². The van der Waals surface area contributed by atoms with Crippen molar-refractivity contribution in [2.75, 3.05) is 0 Å². The van der Waals surface area contributed by atoms with Crippen LogP contribution in [0.2, 0.25) is 0 Å². The SMILES string of the molecule is [C-]#[N+]c1cccc(-c2ccccc2-n2c3ccccc3c3cc(-c4ccc5c(c4)c4c(-c6ccccc6)cccc4n5-c4cccc(-c5ccccc5)c4)ccc32)c1. The molecule has 9 aromatic carbocycles. The van der Waals surface area contributed by atoms with Gasteiger partial charge in [-0.1, -0.05) is 152 Å². The van der Waals surface area contributed by atoms with Crippen molar-refractivity contribution in [3.8, 4) is 55.9 Å². The smallest absolute Gasteiger partial charge is 0.187 e. The van der Waals surface area contributed by atoms with Crippen LogP contribution in [-0.4, -0.2) is 9.13 Å². The van der Waals surface area contributed by atoms with E-state index < -0.39 is 0 Å². The molecule has 0 aliphatic carbocycles. The minimum atomic E-state index is 0.635. The Bertz CT molecular complexity index is 3400. The lowest BCUT2D eigenvalue weighted by Gasteiger charge is -2.14. The first kappa shape index (κ1) is 33.4. The summed E-state index contributed by atoms with van der Waals surface area (Å²) >= 11 is 0. The molecule has 270 valence electrons. The first-order chi connectivity index (χ1) is 28.7. The molecule has 0 bridgehead atoms. The van der Waals surface area contributed by atoms with Crippen molar-refractivity contribution >= 4 is 49.3 Å². The molecule has 0 saturated carbocycles. The second kappa shape index (κ2) is 13.7. The number of hydrogen-bond donors (Lipinski definition) is 0. The Balaban J connectivity index is 1.12. The molecule has 0 spiro atoms. The van der Waals surface area contributed by atoms with Crippen molar-refractivity contribution in [2.45, 2.75) is 0 Å². The molecule has 0 radical (unpaired) electrons. The molecule has 2 aromatic heterocycles. The molecular formula is C55H35N3. The molecule has 11 rings (SSSR count). The highest BCUT2D eigenvalue weighted by Gasteiger charge is 2.20. The van der Waals surface area contributed by atoms with Gasteiger partial charge in [0.15, 0.2) is 5.69 Å². The lowest BCUT2D eigenvalue weighted by Crippen LogP contribution is -1.97. The zero-order chi connectivity index (χ0) is 38.6. The van der Waals surface area contributed by atoms with E-state index in [1.165, 1.54) is 66.0 Å². The van der Waals surface area contributed by atoms with Gasteiger partial charge in [-0.05, 0) is 99.6 Å². The zero-order valence-corrected chi connectivity index (χ0v) is 31.5. The van der Waals surface area contributed by atoms with E-state index in [9.17, 15) is 0 Å². The maximum Gasteiger partial charge on any atom is 0.187 e. The molecule has 58 heavy (non-hydrogen) atoms. The van der Waals surface area contributed by atoms with Gasteiger partial charge in [-0.15, -0.1) is 0 Å². The highest BCUT2D eigenvalue weighted by molar-refractivity contribution is 6.17. The number of hydrogen-bond acceptors (Lipinski definition) is 0. The Hall–Kier alpha value is -7.93. The lowest BCUT2D eigenvalue weighted by atomic mass is 9.97. The largest absolute Gasteiger partial charge is 0.309 e. The number of benzene rings is 9. The zero-order valence-electron chi connectivity index (χ0n) is 31.5. The third-order valence-corrected chi connectivity index (χ3v) is 11.5. The molecular weight excluding hydrogens is 703 g/mol. The van der Waals surface area contributed by atoms with Gasteiger partial charge in [-0.25, -0.2) is 4.85 Å². The summed E-state index contributed by atoms with van der Waals surface area (Å²) in [6, 6.07) is 75.9. The van der Waals surface area contributed by atoms with Gasteiger partial charge in [0.25, 0.3) is 0 Å². The summed E-state index contributed by atoms with van der Waals surface area (Å²) in [6.07, 6.45) is 0. The topological polar surface area (TPSA) is 14.2 Å². The first-order valence-corrected chi connectivity index (χ1v) is 19.6. The fourth-order valence-corrected chi connectivity index (χ4v) is 8.91. The first-order valence-electron chi connectivity index (χ1n) is 19.6. The van der Waals surface area contributed by atoms with Crippen LogP contribution in [0.3, 0.4) is 0 Å². The highest BCUT2D eigenvalue weighted by Crippen LogP contribution is 2.42. The fourth-order valence-electron chi connectivity index (χ4n) is 8.91. The minimum absolute atomic E-state index is 0.635. The van der Waals surface area contributed by atoms with Gasteiger partial charge < -0.3 is 9.13 Å². The monoisotopic (exact) mass is 737 g/mol. The van der Waals surface area contributed by atoms with E-state index in [1.54, 1.807) is 0 Å². The van der Waals surface area contributed by atoms with Crippen LogP contribution in [0.5, 0.6) is 0 Å². The lowest BCUT2D eigenvalue weighted by molar-refractivity contribution is 1.18. The average molecular weight is 738 g/mol. The van der Waals surface area contributed by atoms with Crippen LogP contribution in [0, 0.1) is 6.57 Å². The third kappa shape index (κ3) is 5.43. The number of nitrogens with zero attached hydrogens (tertiary/aromatic N) is 3. The maximum absolute atomic E-state index is 7.63. The summed E-state index contributed by atoms with van der Waals surface area (Å²) in [7, 11) is 0. The van der Waals surface area contributed by atoms with Crippen molar-refractivity contribution in [1.82, 2.24) is 9.13 Å². The fraction of sp³-hybridized carbons (Fsp3) is 0.